The quantitative estimate of drug-likeness (QED) is 0.448. The first-order chi connectivity index (χ1) is 15.9. The first-order valence-electron chi connectivity index (χ1n) is 10.1. The van der Waals surface area contributed by atoms with Crippen LogP contribution in [-0.4, -0.2) is 43.4 Å². The van der Waals surface area contributed by atoms with Crippen molar-refractivity contribution in [2.75, 3.05) is 11.2 Å². The Morgan fingerprint density at radius 3 is 2.38 bits per heavy atom. The summed E-state index contributed by atoms with van der Waals surface area (Å²) in [7, 11) is -3.50. The standard InChI is InChI=1S/C23H23ClF2N2O5S/c1-13(29)10-16-12-19(14(2)27-16)22(30)28(17-5-7-18(8-6-17)34(3,31)32)20-9-4-15(24)11-21(20)33-23(25)26/h4-9,11-13,23,27,29H,10H2,1-3H3/t13-/m0/s1. The SMILES string of the molecule is Cc1[nH]c(C[C@H](C)O)cc1C(=O)N(c1ccc(S(C)(=O)=O)cc1)c1ccc(Cl)cc1OC(F)F. The molecule has 0 bridgehead atoms. The summed E-state index contributed by atoms with van der Waals surface area (Å²) in [6, 6.07) is 10.9. The van der Waals surface area contributed by atoms with Gasteiger partial charge < -0.3 is 14.8 Å². The maximum absolute atomic E-state index is 13.7. The summed E-state index contributed by atoms with van der Waals surface area (Å²) in [5, 5.41) is 9.80. The smallest absolute Gasteiger partial charge is 0.387 e. The first-order valence-corrected chi connectivity index (χ1v) is 12.4. The highest BCUT2D eigenvalue weighted by molar-refractivity contribution is 7.90. The zero-order valence-corrected chi connectivity index (χ0v) is 20.1. The average molecular weight is 513 g/mol. The van der Waals surface area contributed by atoms with E-state index in [0.29, 0.717) is 11.4 Å². The highest BCUT2D eigenvalue weighted by Gasteiger charge is 2.27. The van der Waals surface area contributed by atoms with Crippen LogP contribution in [0.5, 0.6) is 5.75 Å². The second-order valence-corrected chi connectivity index (χ2v) is 10.2. The summed E-state index contributed by atoms with van der Waals surface area (Å²) >= 11 is 5.97. The van der Waals surface area contributed by atoms with Crippen molar-refractivity contribution >= 4 is 38.7 Å². The van der Waals surface area contributed by atoms with Gasteiger partial charge in [0.25, 0.3) is 5.91 Å². The molecule has 3 rings (SSSR count). The Bertz CT molecular complexity index is 1290. The van der Waals surface area contributed by atoms with E-state index in [-0.39, 0.29) is 39.0 Å². The van der Waals surface area contributed by atoms with E-state index in [1.807, 2.05) is 0 Å². The number of amides is 1. The van der Waals surface area contributed by atoms with Crippen LogP contribution in [-0.2, 0) is 16.3 Å². The van der Waals surface area contributed by atoms with E-state index in [9.17, 15) is 27.1 Å². The topological polar surface area (TPSA) is 99.7 Å². The number of rotatable bonds is 8. The number of anilines is 2. The van der Waals surface area contributed by atoms with E-state index in [4.69, 9.17) is 11.6 Å². The van der Waals surface area contributed by atoms with Crippen molar-refractivity contribution < 1.29 is 31.8 Å². The molecule has 2 aromatic carbocycles. The lowest BCUT2D eigenvalue weighted by molar-refractivity contribution is -0.0494. The normalized spacial score (nSPS) is 12.6. The Hall–Kier alpha value is -2.95. The van der Waals surface area contributed by atoms with Gasteiger partial charge in [-0.2, -0.15) is 8.78 Å². The minimum absolute atomic E-state index is 0.0144. The first kappa shape index (κ1) is 25.7. The van der Waals surface area contributed by atoms with Crippen LogP contribution in [0.15, 0.2) is 53.4 Å². The number of carbonyl (C=O) groups is 1. The van der Waals surface area contributed by atoms with E-state index in [0.717, 1.165) is 17.2 Å². The molecule has 0 aliphatic rings. The van der Waals surface area contributed by atoms with Gasteiger partial charge in [0.15, 0.2) is 15.6 Å². The predicted octanol–water partition coefficient (Wildman–Crippen LogP) is 4.88. The Morgan fingerprint density at radius 2 is 1.82 bits per heavy atom. The van der Waals surface area contributed by atoms with Crippen molar-refractivity contribution in [1.29, 1.82) is 0 Å². The van der Waals surface area contributed by atoms with Gasteiger partial charge in [0.2, 0.25) is 0 Å². The van der Waals surface area contributed by atoms with Gasteiger partial charge in [-0.25, -0.2) is 8.42 Å². The van der Waals surface area contributed by atoms with Gasteiger partial charge in [0, 0.05) is 40.8 Å². The summed E-state index contributed by atoms with van der Waals surface area (Å²) in [6.07, 6.45) is 0.673. The number of aromatic amines is 1. The molecule has 0 spiro atoms. The lowest BCUT2D eigenvalue weighted by atomic mass is 10.1. The summed E-state index contributed by atoms with van der Waals surface area (Å²) in [5.74, 6) is -0.917. The zero-order valence-electron chi connectivity index (χ0n) is 18.6. The van der Waals surface area contributed by atoms with Crippen molar-refractivity contribution in [3.05, 3.63) is 70.5 Å². The van der Waals surface area contributed by atoms with E-state index in [1.54, 1.807) is 19.9 Å². The third-order valence-corrected chi connectivity index (χ3v) is 6.28. The summed E-state index contributed by atoms with van der Waals surface area (Å²) in [4.78, 5) is 17.9. The van der Waals surface area contributed by atoms with Crippen molar-refractivity contribution in [2.24, 2.45) is 0 Å². The molecule has 1 aromatic heterocycles. The summed E-state index contributed by atoms with van der Waals surface area (Å²) in [6.45, 7) is 0.102. The second-order valence-electron chi connectivity index (χ2n) is 7.78. The Balaban J connectivity index is 2.18. The number of ether oxygens (including phenoxy) is 1. The van der Waals surface area contributed by atoms with Gasteiger partial charge in [0.05, 0.1) is 22.3 Å². The number of H-pyrrole nitrogens is 1. The maximum Gasteiger partial charge on any atom is 0.387 e. The molecule has 0 fully saturated rings. The number of alkyl halides is 2. The number of nitrogens with one attached hydrogen (secondary N) is 1. The molecular weight excluding hydrogens is 490 g/mol. The molecule has 1 amide bonds. The number of sulfone groups is 1. The van der Waals surface area contributed by atoms with Crippen molar-refractivity contribution in [2.45, 2.75) is 37.9 Å². The van der Waals surface area contributed by atoms with Gasteiger partial charge in [-0.15, -0.1) is 0 Å². The number of carbonyl (C=O) groups excluding carboxylic acids is 1. The predicted molar refractivity (Wildman–Crippen MR) is 125 cm³/mol. The second kappa shape index (κ2) is 10.1. The molecule has 0 aliphatic heterocycles. The minimum atomic E-state index is -3.50. The molecule has 0 radical (unpaired) electrons. The fourth-order valence-corrected chi connectivity index (χ4v) is 4.26. The van der Waals surface area contributed by atoms with Crippen LogP contribution >= 0.6 is 11.6 Å². The number of aromatic nitrogens is 1. The molecule has 11 heteroatoms. The molecule has 1 heterocycles. The maximum atomic E-state index is 13.7. The van der Waals surface area contributed by atoms with Gasteiger partial charge in [-0.3, -0.25) is 9.69 Å². The molecule has 182 valence electrons. The number of benzene rings is 2. The van der Waals surface area contributed by atoms with Crippen LogP contribution in [0.2, 0.25) is 5.02 Å². The minimum Gasteiger partial charge on any atom is -0.433 e. The van der Waals surface area contributed by atoms with Crippen molar-refractivity contribution in [3.63, 3.8) is 0 Å². The number of nitrogens with zero attached hydrogens (tertiary/aromatic N) is 1. The van der Waals surface area contributed by atoms with E-state index in [2.05, 4.69) is 9.72 Å². The molecule has 1 atom stereocenters. The Morgan fingerprint density at radius 1 is 1.18 bits per heavy atom. The van der Waals surface area contributed by atoms with Gasteiger partial charge >= 0.3 is 6.61 Å². The molecule has 34 heavy (non-hydrogen) atoms. The molecule has 0 saturated heterocycles. The van der Waals surface area contributed by atoms with Crippen LogP contribution in [0, 0.1) is 6.92 Å². The van der Waals surface area contributed by atoms with Gasteiger partial charge in [0.1, 0.15) is 0 Å². The fraction of sp³-hybridized carbons (Fsp3) is 0.261. The van der Waals surface area contributed by atoms with E-state index < -0.39 is 28.5 Å². The highest BCUT2D eigenvalue weighted by Crippen LogP contribution is 2.38. The highest BCUT2D eigenvalue weighted by atomic mass is 35.5. The van der Waals surface area contributed by atoms with Crippen LogP contribution in [0.3, 0.4) is 0 Å². The van der Waals surface area contributed by atoms with Gasteiger partial charge in [-0.05, 0) is 56.3 Å². The van der Waals surface area contributed by atoms with Crippen LogP contribution in [0.4, 0.5) is 20.2 Å². The number of aryl methyl sites for hydroxylation is 1. The van der Waals surface area contributed by atoms with E-state index in [1.165, 1.54) is 36.4 Å². The van der Waals surface area contributed by atoms with Crippen LogP contribution in [0.1, 0.15) is 28.7 Å². The summed E-state index contributed by atoms with van der Waals surface area (Å²) in [5.41, 5.74) is 1.56. The van der Waals surface area contributed by atoms with Crippen molar-refractivity contribution in [3.8, 4) is 5.75 Å². The summed E-state index contributed by atoms with van der Waals surface area (Å²) < 4.78 is 54.6. The Kier molecular flexibility index (Phi) is 7.64. The molecule has 0 saturated carbocycles. The third-order valence-electron chi connectivity index (χ3n) is 4.92. The average Bonchev–Trinajstić information content (AvgIpc) is 3.08. The van der Waals surface area contributed by atoms with Crippen LogP contribution in [0.25, 0.3) is 0 Å². The lowest BCUT2D eigenvalue weighted by Gasteiger charge is -2.25. The van der Waals surface area contributed by atoms with Crippen LogP contribution < -0.4 is 9.64 Å². The molecule has 2 N–H and O–H groups in total. The third kappa shape index (κ3) is 5.94. The number of hydrogen-bond acceptors (Lipinski definition) is 5. The van der Waals surface area contributed by atoms with E-state index >= 15 is 0 Å². The largest absolute Gasteiger partial charge is 0.433 e. The zero-order chi connectivity index (χ0) is 25.2. The lowest BCUT2D eigenvalue weighted by Crippen LogP contribution is -2.27. The molecule has 0 aliphatic carbocycles. The number of aliphatic hydroxyl groups is 1. The monoisotopic (exact) mass is 512 g/mol. The fourth-order valence-electron chi connectivity index (χ4n) is 3.47. The number of hydrogen-bond donors (Lipinski definition) is 2. The molecule has 0 unspecified atom stereocenters. The number of aliphatic hydroxyl groups excluding tert-OH is 1. The molecule has 3 aromatic rings. The van der Waals surface area contributed by atoms with Gasteiger partial charge in [-0.1, -0.05) is 11.6 Å². The molecular formula is C23H23ClF2N2O5S. The van der Waals surface area contributed by atoms with Crippen molar-refractivity contribution in [1.82, 2.24) is 4.98 Å². The molecule has 7 nitrogen and oxygen atoms in total. The Labute approximate surface area is 200 Å². The number of halogens is 3.